The zero-order valence-electron chi connectivity index (χ0n) is 10.7. The molecule has 1 heterocycles. The van der Waals surface area contributed by atoms with Gasteiger partial charge >= 0.3 is 0 Å². The quantitative estimate of drug-likeness (QED) is 0.597. The molecule has 0 radical (unpaired) electrons. The van der Waals surface area contributed by atoms with Crippen molar-refractivity contribution < 1.29 is 14.3 Å². The van der Waals surface area contributed by atoms with Gasteiger partial charge in [0.05, 0.1) is 34.1 Å². The molecule has 106 valence electrons. The maximum Gasteiger partial charge on any atom is 0.205 e. The van der Waals surface area contributed by atoms with Gasteiger partial charge in [-0.3, -0.25) is 4.79 Å². The number of anilines is 1. The standard InChI is InChI=1S/C13H11Br2NO3S/c1-18-6-3-7(11(16)9(4-6)19-2)12(17)10-5-8(14)13(15)20-10/h3-5H,16H2,1-2H3. The summed E-state index contributed by atoms with van der Waals surface area (Å²) >= 11 is 8.07. The number of thiophene rings is 1. The van der Waals surface area contributed by atoms with Gasteiger partial charge in [0, 0.05) is 10.5 Å². The lowest BCUT2D eigenvalue weighted by atomic mass is 10.1. The van der Waals surface area contributed by atoms with Crippen LogP contribution in [0.15, 0.2) is 26.5 Å². The number of hydrogen-bond donors (Lipinski definition) is 1. The van der Waals surface area contributed by atoms with Crippen LogP contribution in [0, 0.1) is 0 Å². The third kappa shape index (κ3) is 2.84. The normalized spacial score (nSPS) is 10.4. The Bertz CT molecular complexity index is 650. The number of carbonyl (C=O) groups excluding carboxylic acids is 1. The van der Waals surface area contributed by atoms with Crippen molar-refractivity contribution in [3.8, 4) is 11.5 Å². The second-order valence-electron chi connectivity index (χ2n) is 3.85. The summed E-state index contributed by atoms with van der Waals surface area (Å²) in [6.45, 7) is 0. The number of rotatable bonds is 4. The first kappa shape index (κ1) is 15.3. The van der Waals surface area contributed by atoms with Crippen molar-refractivity contribution in [2.45, 2.75) is 0 Å². The van der Waals surface area contributed by atoms with E-state index in [1.54, 1.807) is 18.2 Å². The highest BCUT2D eigenvalue weighted by Gasteiger charge is 2.20. The Kier molecular flexibility index (Phi) is 4.72. The van der Waals surface area contributed by atoms with Gasteiger partial charge < -0.3 is 15.2 Å². The van der Waals surface area contributed by atoms with E-state index in [0.29, 0.717) is 27.6 Å². The summed E-state index contributed by atoms with van der Waals surface area (Å²) in [7, 11) is 3.02. The van der Waals surface area contributed by atoms with Gasteiger partial charge in [-0.15, -0.1) is 11.3 Å². The Labute approximate surface area is 137 Å². The Balaban J connectivity index is 2.53. The molecule has 2 rings (SSSR count). The van der Waals surface area contributed by atoms with E-state index in [9.17, 15) is 4.79 Å². The van der Waals surface area contributed by atoms with Crippen LogP contribution in [0.1, 0.15) is 15.2 Å². The lowest BCUT2D eigenvalue weighted by molar-refractivity contribution is 0.104. The summed E-state index contributed by atoms with van der Waals surface area (Å²) in [6.07, 6.45) is 0. The van der Waals surface area contributed by atoms with Gasteiger partial charge in [-0.25, -0.2) is 0 Å². The number of hydrogen-bond acceptors (Lipinski definition) is 5. The maximum absolute atomic E-state index is 12.5. The van der Waals surface area contributed by atoms with Crippen LogP contribution in [-0.4, -0.2) is 20.0 Å². The van der Waals surface area contributed by atoms with Crippen molar-refractivity contribution in [2.24, 2.45) is 0 Å². The molecule has 0 saturated carbocycles. The average molecular weight is 421 g/mol. The zero-order valence-corrected chi connectivity index (χ0v) is 14.7. The van der Waals surface area contributed by atoms with Crippen molar-refractivity contribution in [2.75, 3.05) is 20.0 Å². The number of ether oxygens (including phenoxy) is 2. The molecule has 0 atom stereocenters. The molecule has 0 amide bonds. The van der Waals surface area contributed by atoms with E-state index in [-0.39, 0.29) is 5.78 Å². The van der Waals surface area contributed by atoms with Gasteiger partial charge in [-0.1, -0.05) is 0 Å². The molecule has 2 N–H and O–H groups in total. The molecule has 0 saturated heterocycles. The Morgan fingerprint density at radius 1 is 1.20 bits per heavy atom. The first-order chi connectivity index (χ1) is 9.47. The molecule has 2 aromatic rings. The molecule has 1 aromatic heterocycles. The maximum atomic E-state index is 12.5. The van der Waals surface area contributed by atoms with E-state index < -0.39 is 0 Å². The van der Waals surface area contributed by atoms with E-state index in [2.05, 4.69) is 31.9 Å². The minimum Gasteiger partial charge on any atom is -0.497 e. The largest absolute Gasteiger partial charge is 0.497 e. The van der Waals surface area contributed by atoms with Crippen molar-refractivity contribution >= 4 is 54.7 Å². The van der Waals surface area contributed by atoms with Crippen LogP contribution in [0.25, 0.3) is 0 Å². The summed E-state index contributed by atoms with van der Waals surface area (Å²) in [5.41, 5.74) is 6.65. The molecule has 0 bridgehead atoms. The van der Waals surface area contributed by atoms with Crippen molar-refractivity contribution in [1.29, 1.82) is 0 Å². The van der Waals surface area contributed by atoms with Gasteiger partial charge in [0.15, 0.2) is 0 Å². The number of methoxy groups -OCH3 is 2. The molecule has 1 aromatic carbocycles. The smallest absolute Gasteiger partial charge is 0.205 e. The number of ketones is 1. The molecule has 0 unspecified atom stereocenters. The molecular formula is C13H11Br2NO3S. The first-order valence-electron chi connectivity index (χ1n) is 5.49. The molecule has 0 aliphatic carbocycles. The molecule has 20 heavy (non-hydrogen) atoms. The lowest BCUT2D eigenvalue weighted by Gasteiger charge is -2.11. The summed E-state index contributed by atoms with van der Waals surface area (Å²) < 4.78 is 12.0. The number of carbonyl (C=O) groups is 1. The highest BCUT2D eigenvalue weighted by atomic mass is 79.9. The first-order valence-corrected chi connectivity index (χ1v) is 7.89. The second-order valence-corrected chi connectivity index (χ2v) is 7.08. The third-order valence-electron chi connectivity index (χ3n) is 2.68. The fraction of sp³-hybridized carbons (Fsp3) is 0.154. The summed E-state index contributed by atoms with van der Waals surface area (Å²) in [4.78, 5) is 13.1. The molecule has 0 aliphatic rings. The Morgan fingerprint density at radius 2 is 1.90 bits per heavy atom. The lowest BCUT2D eigenvalue weighted by Crippen LogP contribution is -2.06. The zero-order chi connectivity index (χ0) is 14.9. The molecule has 0 spiro atoms. The number of nitrogens with two attached hydrogens (primary N) is 1. The van der Waals surface area contributed by atoms with E-state index in [4.69, 9.17) is 15.2 Å². The molecule has 7 heteroatoms. The highest BCUT2D eigenvalue weighted by molar-refractivity contribution is 9.13. The number of nitrogen functional groups attached to an aromatic ring is 1. The van der Waals surface area contributed by atoms with Crippen LogP contribution in [0.2, 0.25) is 0 Å². The molecule has 0 fully saturated rings. The van der Waals surface area contributed by atoms with E-state index in [1.807, 2.05) is 0 Å². The fourth-order valence-corrected chi connectivity index (χ4v) is 3.66. The third-order valence-corrected chi connectivity index (χ3v) is 5.94. The van der Waals surface area contributed by atoms with Crippen molar-refractivity contribution in [1.82, 2.24) is 0 Å². The summed E-state index contributed by atoms with van der Waals surface area (Å²) in [5.74, 6) is 0.771. The van der Waals surface area contributed by atoms with Crippen LogP contribution in [0.4, 0.5) is 5.69 Å². The van der Waals surface area contributed by atoms with Gasteiger partial charge in [0.25, 0.3) is 0 Å². The van der Waals surface area contributed by atoms with Gasteiger partial charge in [-0.05, 0) is 44.0 Å². The Hall–Kier alpha value is -1.05. The van der Waals surface area contributed by atoms with E-state index in [0.717, 1.165) is 8.26 Å². The van der Waals surface area contributed by atoms with Crippen molar-refractivity contribution in [3.05, 3.63) is 36.9 Å². The highest BCUT2D eigenvalue weighted by Crippen LogP contribution is 2.37. The van der Waals surface area contributed by atoms with Gasteiger partial charge in [0.1, 0.15) is 11.5 Å². The van der Waals surface area contributed by atoms with Crippen LogP contribution in [0.3, 0.4) is 0 Å². The predicted octanol–water partition coefficient (Wildman–Crippen LogP) is 4.10. The predicted molar refractivity (Wildman–Crippen MR) is 87.1 cm³/mol. The topological polar surface area (TPSA) is 61.6 Å². The van der Waals surface area contributed by atoms with Crippen molar-refractivity contribution in [3.63, 3.8) is 0 Å². The molecular weight excluding hydrogens is 410 g/mol. The molecule has 4 nitrogen and oxygen atoms in total. The van der Waals surface area contributed by atoms with E-state index in [1.165, 1.54) is 25.6 Å². The van der Waals surface area contributed by atoms with Crippen LogP contribution < -0.4 is 15.2 Å². The number of benzene rings is 1. The molecule has 0 aliphatic heterocycles. The number of halogens is 2. The van der Waals surface area contributed by atoms with Crippen LogP contribution >= 0.6 is 43.2 Å². The summed E-state index contributed by atoms with van der Waals surface area (Å²) in [5, 5.41) is 0. The Morgan fingerprint density at radius 3 is 2.40 bits per heavy atom. The minimum atomic E-state index is -0.170. The minimum absolute atomic E-state index is 0.170. The second kappa shape index (κ2) is 6.15. The van der Waals surface area contributed by atoms with E-state index >= 15 is 0 Å². The van der Waals surface area contributed by atoms with Gasteiger partial charge in [0.2, 0.25) is 5.78 Å². The van der Waals surface area contributed by atoms with Crippen LogP contribution in [-0.2, 0) is 0 Å². The van der Waals surface area contributed by atoms with Crippen LogP contribution in [0.5, 0.6) is 11.5 Å². The monoisotopic (exact) mass is 419 g/mol. The summed E-state index contributed by atoms with van der Waals surface area (Å²) in [6, 6.07) is 5.01. The van der Waals surface area contributed by atoms with Gasteiger partial charge in [-0.2, -0.15) is 0 Å². The SMILES string of the molecule is COc1cc(OC)c(N)c(C(=O)c2cc(Br)c(Br)s2)c1. The average Bonchev–Trinajstić information content (AvgIpc) is 2.78. The fourth-order valence-electron chi connectivity index (χ4n) is 1.67.